The van der Waals surface area contributed by atoms with Crippen LogP contribution in [0, 0.1) is 31.0 Å². The molecule has 0 spiro atoms. The summed E-state index contributed by atoms with van der Waals surface area (Å²) in [5.74, 6) is -3.01. The number of hydrogen-bond donors (Lipinski definition) is 3. The molecule has 0 saturated carbocycles. The maximum atomic E-state index is 13.5. The summed E-state index contributed by atoms with van der Waals surface area (Å²) in [6.07, 6.45) is 0. The number of nitrogens with zero attached hydrogens (tertiary/aromatic N) is 2. The molecule has 0 saturated heterocycles. The number of nitriles is 1. The van der Waals surface area contributed by atoms with Crippen LogP contribution in [0.1, 0.15) is 51.5 Å². The van der Waals surface area contributed by atoms with Crippen molar-refractivity contribution in [3.05, 3.63) is 52.1 Å². The first-order chi connectivity index (χ1) is 13.9. The van der Waals surface area contributed by atoms with Crippen LogP contribution in [0.4, 0.5) is 10.1 Å². The summed E-state index contributed by atoms with van der Waals surface area (Å²) in [4.78, 5) is 37.9. The summed E-state index contributed by atoms with van der Waals surface area (Å²) in [5, 5.41) is 23.3. The fraction of sp³-hybridized carbons (Fsp3) is 0.333. The smallest absolute Gasteiger partial charge is 0.294 e. The quantitative estimate of drug-likeness (QED) is 0.492. The minimum Gasteiger partial charge on any atom is -0.394 e. The number of aliphatic hydroxyl groups excluding tert-OH is 1. The van der Waals surface area contributed by atoms with Gasteiger partial charge >= 0.3 is 0 Å². The van der Waals surface area contributed by atoms with Crippen molar-refractivity contribution in [1.29, 1.82) is 5.26 Å². The van der Waals surface area contributed by atoms with Gasteiger partial charge in [-0.1, -0.05) is 0 Å². The average molecular weight is 414 g/mol. The Morgan fingerprint density at radius 3 is 2.47 bits per heavy atom. The Kier molecular flexibility index (Phi) is 6.43. The maximum absolute atomic E-state index is 13.5. The molecule has 0 unspecified atom stereocenters. The van der Waals surface area contributed by atoms with E-state index in [9.17, 15) is 23.9 Å². The van der Waals surface area contributed by atoms with E-state index in [4.69, 9.17) is 5.26 Å². The second kappa shape index (κ2) is 8.47. The van der Waals surface area contributed by atoms with Crippen molar-refractivity contribution in [1.82, 2.24) is 9.88 Å². The number of nitrogens with one attached hydrogen (secondary N) is 2. The van der Waals surface area contributed by atoms with Crippen LogP contribution in [-0.2, 0) is 11.8 Å². The number of rotatable bonds is 6. The van der Waals surface area contributed by atoms with Gasteiger partial charge in [0, 0.05) is 18.4 Å². The highest BCUT2D eigenvalue weighted by atomic mass is 19.1. The number of halogens is 1. The highest BCUT2D eigenvalue weighted by molar-refractivity contribution is 6.43. The molecule has 0 atom stereocenters. The van der Waals surface area contributed by atoms with Gasteiger partial charge < -0.3 is 20.3 Å². The molecule has 8 nitrogen and oxygen atoms in total. The molecule has 2 amide bonds. The van der Waals surface area contributed by atoms with Crippen molar-refractivity contribution in [2.45, 2.75) is 33.2 Å². The summed E-state index contributed by atoms with van der Waals surface area (Å²) in [6, 6.07) is 5.29. The number of ketones is 1. The van der Waals surface area contributed by atoms with E-state index in [1.165, 1.54) is 16.7 Å². The lowest BCUT2D eigenvalue weighted by molar-refractivity contribution is -0.119. The van der Waals surface area contributed by atoms with Crippen molar-refractivity contribution in [2.24, 2.45) is 7.05 Å². The number of benzene rings is 1. The Morgan fingerprint density at radius 1 is 1.27 bits per heavy atom. The van der Waals surface area contributed by atoms with E-state index in [0.717, 1.165) is 6.07 Å². The normalized spacial score (nSPS) is 11.0. The van der Waals surface area contributed by atoms with E-state index in [2.05, 4.69) is 10.6 Å². The molecular formula is C21H23FN4O4. The summed E-state index contributed by atoms with van der Waals surface area (Å²) >= 11 is 0. The number of amides is 2. The molecule has 2 rings (SSSR count). The Hall–Kier alpha value is -3.51. The molecular weight excluding hydrogens is 391 g/mol. The van der Waals surface area contributed by atoms with Gasteiger partial charge in [0.2, 0.25) is 0 Å². The molecule has 0 aliphatic carbocycles. The first-order valence-electron chi connectivity index (χ1n) is 9.08. The first-order valence-corrected chi connectivity index (χ1v) is 9.08. The van der Waals surface area contributed by atoms with Gasteiger partial charge in [-0.05, 0) is 51.5 Å². The molecule has 1 heterocycles. The minimum atomic E-state index is -0.984. The van der Waals surface area contributed by atoms with Gasteiger partial charge in [-0.2, -0.15) is 5.26 Å². The molecule has 30 heavy (non-hydrogen) atoms. The predicted molar refractivity (Wildman–Crippen MR) is 108 cm³/mol. The van der Waals surface area contributed by atoms with Gasteiger partial charge in [0.05, 0.1) is 29.0 Å². The number of carbonyl (C=O) groups is 3. The molecule has 0 aliphatic heterocycles. The lowest BCUT2D eigenvalue weighted by Crippen LogP contribution is -2.49. The summed E-state index contributed by atoms with van der Waals surface area (Å²) < 4.78 is 14.9. The molecule has 0 radical (unpaired) electrons. The largest absolute Gasteiger partial charge is 0.394 e. The lowest BCUT2D eigenvalue weighted by atomic mass is 10.0. The van der Waals surface area contributed by atoms with Gasteiger partial charge in [-0.25, -0.2) is 4.39 Å². The van der Waals surface area contributed by atoms with Crippen molar-refractivity contribution in [3.8, 4) is 6.07 Å². The standard InChI is InChI=1S/C21H23FN4O4/c1-11-16(19(29)24-14-6-7-15(22)13(8-14)9-23)12(2)26(5)17(11)18(28)20(30)25-21(3,4)10-27/h6-8,27H,10H2,1-5H3,(H,24,29)(H,25,30). The van der Waals surface area contributed by atoms with Crippen molar-refractivity contribution < 1.29 is 23.9 Å². The van der Waals surface area contributed by atoms with E-state index in [-0.39, 0.29) is 29.1 Å². The number of carbonyl (C=O) groups excluding carboxylic acids is 3. The molecule has 9 heteroatoms. The van der Waals surface area contributed by atoms with Crippen LogP contribution >= 0.6 is 0 Å². The predicted octanol–water partition coefficient (Wildman–Crippen LogP) is 1.97. The molecule has 0 aliphatic rings. The van der Waals surface area contributed by atoms with Crippen molar-refractivity contribution in [3.63, 3.8) is 0 Å². The number of Topliss-reactive ketones (excluding diaryl/α,β-unsaturated/α-hetero) is 1. The van der Waals surface area contributed by atoms with Crippen LogP contribution in [0.2, 0.25) is 0 Å². The number of aliphatic hydroxyl groups is 1. The Bertz CT molecular complexity index is 1080. The zero-order valence-corrected chi connectivity index (χ0v) is 17.4. The fourth-order valence-electron chi connectivity index (χ4n) is 3.03. The van der Waals surface area contributed by atoms with E-state index >= 15 is 0 Å². The molecule has 1 aromatic heterocycles. The highest BCUT2D eigenvalue weighted by Gasteiger charge is 2.31. The van der Waals surface area contributed by atoms with Crippen LogP contribution < -0.4 is 10.6 Å². The monoisotopic (exact) mass is 414 g/mol. The van der Waals surface area contributed by atoms with Gasteiger partial charge in [0.1, 0.15) is 11.9 Å². The van der Waals surface area contributed by atoms with Crippen LogP contribution in [0.5, 0.6) is 0 Å². The first kappa shape index (κ1) is 22.8. The third-order valence-electron chi connectivity index (χ3n) is 4.77. The van der Waals surface area contributed by atoms with Crippen LogP contribution in [0.25, 0.3) is 0 Å². The zero-order valence-electron chi connectivity index (χ0n) is 17.4. The van der Waals surface area contributed by atoms with Crippen LogP contribution in [0.3, 0.4) is 0 Å². The summed E-state index contributed by atoms with van der Waals surface area (Å²) in [5.41, 5.74) is 0.00683. The highest BCUT2D eigenvalue weighted by Crippen LogP contribution is 2.24. The van der Waals surface area contributed by atoms with Gasteiger partial charge in [0.25, 0.3) is 17.6 Å². The zero-order chi connectivity index (χ0) is 22.8. The van der Waals surface area contributed by atoms with Gasteiger partial charge in [-0.3, -0.25) is 14.4 Å². The van der Waals surface area contributed by atoms with E-state index in [0.29, 0.717) is 11.3 Å². The Morgan fingerprint density at radius 2 is 1.90 bits per heavy atom. The minimum absolute atomic E-state index is 0.0423. The lowest BCUT2D eigenvalue weighted by Gasteiger charge is -2.23. The Labute approximate surface area is 173 Å². The third kappa shape index (κ3) is 4.39. The molecule has 1 aromatic carbocycles. The molecule has 0 bridgehead atoms. The van der Waals surface area contributed by atoms with E-state index < -0.39 is 29.0 Å². The number of anilines is 1. The van der Waals surface area contributed by atoms with Crippen LogP contribution in [-0.4, -0.2) is 39.4 Å². The van der Waals surface area contributed by atoms with Crippen LogP contribution in [0.15, 0.2) is 18.2 Å². The molecule has 2 aromatic rings. The Balaban J connectivity index is 2.38. The molecule has 158 valence electrons. The second-order valence-electron chi connectivity index (χ2n) is 7.58. The summed E-state index contributed by atoms with van der Waals surface area (Å²) in [6.45, 7) is 5.95. The van der Waals surface area contributed by atoms with Gasteiger partial charge in [-0.15, -0.1) is 0 Å². The van der Waals surface area contributed by atoms with Crippen molar-refractivity contribution in [2.75, 3.05) is 11.9 Å². The SMILES string of the molecule is Cc1c(C(=O)Nc2ccc(F)c(C#N)c2)c(C)n(C)c1C(=O)C(=O)NC(C)(C)CO. The maximum Gasteiger partial charge on any atom is 0.294 e. The fourth-order valence-corrected chi connectivity index (χ4v) is 3.03. The average Bonchev–Trinajstić information content (AvgIpc) is 2.91. The number of hydrogen-bond acceptors (Lipinski definition) is 5. The van der Waals surface area contributed by atoms with Crippen molar-refractivity contribution >= 4 is 23.3 Å². The molecule has 3 N–H and O–H groups in total. The number of aromatic nitrogens is 1. The molecule has 0 fully saturated rings. The van der Waals surface area contributed by atoms with Gasteiger partial charge in [0.15, 0.2) is 0 Å². The third-order valence-corrected chi connectivity index (χ3v) is 4.77. The van der Waals surface area contributed by atoms with E-state index in [1.807, 2.05) is 0 Å². The summed E-state index contributed by atoms with van der Waals surface area (Å²) in [7, 11) is 1.56. The second-order valence-corrected chi connectivity index (χ2v) is 7.58. The topological polar surface area (TPSA) is 124 Å². The van der Waals surface area contributed by atoms with E-state index in [1.54, 1.807) is 40.8 Å².